The second-order valence-corrected chi connectivity index (χ2v) is 6.44. The third-order valence-corrected chi connectivity index (χ3v) is 4.34. The number of nitrogens with zero attached hydrogens (tertiary/aromatic N) is 1. The number of nitrogens with one attached hydrogen (secondary N) is 2. The van der Waals surface area contributed by atoms with E-state index < -0.39 is 0 Å². The fourth-order valence-electron chi connectivity index (χ4n) is 2.48. The van der Waals surface area contributed by atoms with Crippen LogP contribution in [0.1, 0.15) is 32.6 Å². The molecule has 128 valence electrons. The van der Waals surface area contributed by atoms with E-state index in [2.05, 4.69) is 22.5 Å². The lowest BCUT2D eigenvalue weighted by Gasteiger charge is -2.14. The van der Waals surface area contributed by atoms with Crippen molar-refractivity contribution < 1.29 is 14.6 Å². The summed E-state index contributed by atoms with van der Waals surface area (Å²) < 4.78 is 11.0. The van der Waals surface area contributed by atoms with E-state index in [0.717, 1.165) is 71.2 Å². The van der Waals surface area contributed by atoms with E-state index in [-0.39, 0.29) is 12.0 Å². The molecule has 0 amide bonds. The Morgan fingerprint density at radius 3 is 2.91 bits per heavy atom. The maximum Gasteiger partial charge on any atom is 0.191 e. The monoisotopic (exact) mass is 313 g/mol. The molecule has 22 heavy (non-hydrogen) atoms. The normalized spacial score (nSPS) is 23.5. The Labute approximate surface area is 133 Å². The maximum atomic E-state index is 9.33. The lowest BCUT2D eigenvalue weighted by atomic mass is 10.1. The zero-order valence-corrected chi connectivity index (χ0v) is 13.8. The first kappa shape index (κ1) is 17.5. The summed E-state index contributed by atoms with van der Waals surface area (Å²) in [5, 5.41) is 15.9. The molecule has 0 radical (unpaired) electrons. The Morgan fingerprint density at radius 2 is 2.27 bits per heavy atom. The number of hydrogen-bond donors (Lipinski definition) is 3. The van der Waals surface area contributed by atoms with E-state index in [4.69, 9.17) is 9.47 Å². The molecule has 1 atom stereocenters. The molecule has 1 saturated heterocycles. The average Bonchev–Trinajstić information content (AvgIpc) is 3.13. The van der Waals surface area contributed by atoms with Crippen LogP contribution in [0.2, 0.25) is 0 Å². The zero-order valence-electron chi connectivity index (χ0n) is 13.8. The first-order chi connectivity index (χ1) is 10.8. The Kier molecular flexibility index (Phi) is 7.42. The molecule has 1 aliphatic heterocycles. The van der Waals surface area contributed by atoms with Crippen molar-refractivity contribution in [1.29, 1.82) is 0 Å². The molecule has 6 nitrogen and oxygen atoms in total. The summed E-state index contributed by atoms with van der Waals surface area (Å²) in [4.78, 5) is 4.58. The van der Waals surface area contributed by atoms with Crippen molar-refractivity contribution in [2.75, 3.05) is 52.7 Å². The van der Waals surface area contributed by atoms with Crippen LogP contribution in [-0.4, -0.2) is 63.7 Å². The predicted octanol–water partition coefficient (Wildman–Crippen LogP) is 0.757. The summed E-state index contributed by atoms with van der Waals surface area (Å²) in [5.74, 6) is 1.42. The summed E-state index contributed by atoms with van der Waals surface area (Å²) in [7, 11) is 0. The van der Waals surface area contributed by atoms with Gasteiger partial charge in [0.2, 0.25) is 0 Å². The molecule has 1 saturated carbocycles. The third-order valence-electron chi connectivity index (χ3n) is 4.34. The number of aliphatic imine (C=N–C) groups is 1. The molecular formula is C16H31N3O3. The molecule has 1 aliphatic carbocycles. The summed E-state index contributed by atoms with van der Waals surface area (Å²) in [6.45, 7) is 8.01. The molecule has 6 heteroatoms. The Bertz CT molecular complexity index is 340. The van der Waals surface area contributed by atoms with Gasteiger partial charge in [-0.2, -0.15) is 0 Å². The van der Waals surface area contributed by atoms with Gasteiger partial charge >= 0.3 is 0 Å². The van der Waals surface area contributed by atoms with Crippen molar-refractivity contribution in [1.82, 2.24) is 10.6 Å². The summed E-state index contributed by atoms with van der Waals surface area (Å²) in [6, 6.07) is 0. The van der Waals surface area contributed by atoms with E-state index in [0.29, 0.717) is 12.5 Å². The SMILES string of the molecule is CCNC(=NCC1(CO)CC1)NCCCOCC1CCOC1. The molecule has 1 unspecified atom stereocenters. The smallest absolute Gasteiger partial charge is 0.191 e. The Morgan fingerprint density at radius 1 is 1.41 bits per heavy atom. The van der Waals surface area contributed by atoms with Crippen LogP contribution in [0.15, 0.2) is 4.99 Å². The highest BCUT2D eigenvalue weighted by molar-refractivity contribution is 5.79. The maximum absolute atomic E-state index is 9.33. The van der Waals surface area contributed by atoms with Gasteiger partial charge in [0, 0.05) is 37.6 Å². The predicted molar refractivity (Wildman–Crippen MR) is 87.1 cm³/mol. The van der Waals surface area contributed by atoms with Gasteiger partial charge in [-0.05, 0) is 32.6 Å². The lowest BCUT2D eigenvalue weighted by Crippen LogP contribution is -2.38. The van der Waals surface area contributed by atoms with E-state index in [1.54, 1.807) is 0 Å². The fourth-order valence-corrected chi connectivity index (χ4v) is 2.48. The molecule has 0 aromatic rings. The minimum atomic E-state index is 0.0643. The standard InChI is InChI=1S/C16H31N3O3/c1-2-17-15(19-12-16(13-20)5-6-16)18-7-3-8-21-10-14-4-9-22-11-14/h14,20H,2-13H2,1H3,(H2,17,18,19). The van der Waals surface area contributed by atoms with Crippen molar-refractivity contribution in [2.24, 2.45) is 16.3 Å². The van der Waals surface area contributed by atoms with Crippen LogP contribution in [0, 0.1) is 11.3 Å². The first-order valence-corrected chi connectivity index (χ1v) is 8.56. The van der Waals surface area contributed by atoms with Gasteiger partial charge in [-0.1, -0.05) is 0 Å². The number of ether oxygens (including phenoxy) is 2. The van der Waals surface area contributed by atoms with Crippen LogP contribution in [0.3, 0.4) is 0 Å². The molecular weight excluding hydrogens is 282 g/mol. The van der Waals surface area contributed by atoms with E-state index >= 15 is 0 Å². The minimum absolute atomic E-state index is 0.0643. The Balaban J connectivity index is 1.54. The fraction of sp³-hybridized carbons (Fsp3) is 0.938. The van der Waals surface area contributed by atoms with Crippen molar-refractivity contribution >= 4 is 5.96 Å². The van der Waals surface area contributed by atoms with Crippen LogP contribution in [0.25, 0.3) is 0 Å². The van der Waals surface area contributed by atoms with Gasteiger partial charge in [-0.25, -0.2) is 0 Å². The molecule has 0 bridgehead atoms. The minimum Gasteiger partial charge on any atom is -0.396 e. The second-order valence-electron chi connectivity index (χ2n) is 6.44. The molecule has 2 fully saturated rings. The quantitative estimate of drug-likeness (QED) is 0.315. The molecule has 0 spiro atoms. The van der Waals surface area contributed by atoms with Crippen molar-refractivity contribution in [3.8, 4) is 0 Å². The number of aliphatic hydroxyl groups excluding tert-OH is 1. The summed E-state index contributed by atoms with van der Waals surface area (Å²) in [5.41, 5.74) is 0.0643. The van der Waals surface area contributed by atoms with Crippen molar-refractivity contribution in [3.63, 3.8) is 0 Å². The van der Waals surface area contributed by atoms with Crippen LogP contribution < -0.4 is 10.6 Å². The van der Waals surface area contributed by atoms with Crippen molar-refractivity contribution in [3.05, 3.63) is 0 Å². The molecule has 1 heterocycles. The van der Waals surface area contributed by atoms with Gasteiger partial charge in [0.05, 0.1) is 26.4 Å². The summed E-state index contributed by atoms with van der Waals surface area (Å²) >= 11 is 0. The van der Waals surface area contributed by atoms with Crippen molar-refractivity contribution in [2.45, 2.75) is 32.6 Å². The average molecular weight is 313 g/mol. The van der Waals surface area contributed by atoms with Gasteiger partial charge in [0.15, 0.2) is 5.96 Å². The van der Waals surface area contributed by atoms with Gasteiger partial charge in [0.25, 0.3) is 0 Å². The van der Waals surface area contributed by atoms with E-state index in [9.17, 15) is 5.11 Å². The van der Waals surface area contributed by atoms with Crippen LogP contribution in [0.4, 0.5) is 0 Å². The second kappa shape index (κ2) is 9.33. The third kappa shape index (κ3) is 6.10. The first-order valence-electron chi connectivity index (χ1n) is 8.56. The highest BCUT2D eigenvalue weighted by Gasteiger charge is 2.41. The highest BCUT2D eigenvalue weighted by Crippen LogP contribution is 2.45. The molecule has 0 aromatic carbocycles. The summed E-state index contributed by atoms with van der Waals surface area (Å²) in [6.07, 6.45) is 4.27. The zero-order chi connectivity index (χ0) is 15.7. The number of hydrogen-bond acceptors (Lipinski definition) is 4. The topological polar surface area (TPSA) is 75.1 Å². The van der Waals surface area contributed by atoms with E-state index in [1.807, 2.05) is 0 Å². The van der Waals surface area contributed by atoms with Crippen LogP contribution in [0.5, 0.6) is 0 Å². The molecule has 0 aromatic heterocycles. The number of rotatable bonds is 10. The van der Waals surface area contributed by atoms with Crippen LogP contribution >= 0.6 is 0 Å². The van der Waals surface area contributed by atoms with Gasteiger partial charge in [-0.15, -0.1) is 0 Å². The number of aliphatic hydroxyl groups is 1. The largest absolute Gasteiger partial charge is 0.396 e. The van der Waals surface area contributed by atoms with Crippen LogP contribution in [-0.2, 0) is 9.47 Å². The number of guanidine groups is 1. The van der Waals surface area contributed by atoms with E-state index in [1.165, 1.54) is 0 Å². The highest BCUT2D eigenvalue weighted by atomic mass is 16.5. The van der Waals surface area contributed by atoms with Gasteiger partial charge in [0.1, 0.15) is 0 Å². The molecule has 3 N–H and O–H groups in total. The van der Waals surface area contributed by atoms with Gasteiger partial charge < -0.3 is 25.2 Å². The molecule has 2 aliphatic rings. The lowest BCUT2D eigenvalue weighted by molar-refractivity contribution is 0.0888. The Hall–Kier alpha value is -0.850. The van der Waals surface area contributed by atoms with Gasteiger partial charge in [-0.3, -0.25) is 4.99 Å². The molecule has 2 rings (SSSR count).